The van der Waals surface area contributed by atoms with Gasteiger partial charge in [-0.05, 0) is 6.07 Å². The van der Waals surface area contributed by atoms with E-state index in [4.69, 9.17) is 10.8 Å². The topological polar surface area (TPSA) is 83.5 Å². The molecular weight excluding hydrogens is 214 g/mol. The number of thioether (sulfide) groups is 1. The Balaban J connectivity index is 2.38. The number of benzene rings is 1. The number of nitrogens with two attached hydrogens (primary N) is 1. The molecule has 0 fully saturated rings. The molecule has 1 atom stereocenters. The second-order valence-electron chi connectivity index (χ2n) is 3.09. The lowest BCUT2D eigenvalue weighted by Crippen LogP contribution is -2.32. The third-order valence-electron chi connectivity index (χ3n) is 1.86. The third kappa shape index (κ3) is 3.81. The zero-order chi connectivity index (χ0) is 11.3. The largest absolute Gasteiger partial charge is 0.508 e. The lowest BCUT2D eigenvalue weighted by Gasteiger charge is -2.06. The van der Waals surface area contributed by atoms with Crippen molar-refractivity contribution in [1.82, 2.24) is 0 Å². The van der Waals surface area contributed by atoms with E-state index in [1.165, 1.54) is 11.8 Å². The zero-order valence-electron chi connectivity index (χ0n) is 8.09. The molecule has 0 saturated heterocycles. The summed E-state index contributed by atoms with van der Waals surface area (Å²) in [6.45, 7) is 0. The van der Waals surface area contributed by atoms with Crippen LogP contribution in [0.25, 0.3) is 0 Å². The molecule has 0 amide bonds. The summed E-state index contributed by atoms with van der Waals surface area (Å²) in [5.74, 6) is 0.130. The molecule has 0 aliphatic carbocycles. The van der Waals surface area contributed by atoms with E-state index >= 15 is 0 Å². The van der Waals surface area contributed by atoms with Crippen LogP contribution in [0, 0.1) is 0 Å². The van der Waals surface area contributed by atoms with Crippen LogP contribution in [0.4, 0.5) is 0 Å². The second kappa shape index (κ2) is 5.63. The maximum Gasteiger partial charge on any atom is 0.321 e. The SMILES string of the molecule is N[C@@H](CSCc1ccccc1O)C(=O)O. The summed E-state index contributed by atoms with van der Waals surface area (Å²) in [5, 5.41) is 18.0. The Morgan fingerprint density at radius 3 is 2.73 bits per heavy atom. The Morgan fingerprint density at radius 2 is 2.13 bits per heavy atom. The van der Waals surface area contributed by atoms with Crippen molar-refractivity contribution in [2.45, 2.75) is 11.8 Å². The van der Waals surface area contributed by atoms with E-state index in [0.29, 0.717) is 11.5 Å². The van der Waals surface area contributed by atoms with Gasteiger partial charge in [0.1, 0.15) is 11.8 Å². The molecular formula is C10H13NO3S. The van der Waals surface area contributed by atoms with E-state index in [2.05, 4.69) is 0 Å². The maximum absolute atomic E-state index is 10.4. The molecule has 1 aromatic carbocycles. The number of aromatic hydroxyl groups is 1. The minimum Gasteiger partial charge on any atom is -0.508 e. The Kier molecular flexibility index (Phi) is 4.45. The van der Waals surface area contributed by atoms with Crippen LogP contribution in [0.2, 0.25) is 0 Å². The van der Waals surface area contributed by atoms with Gasteiger partial charge in [-0.2, -0.15) is 11.8 Å². The Bertz CT molecular complexity index is 343. The molecule has 0 saturated carbocycles. The van der Waals surface area contributed by atoms with Crippen molar-refractivity contribution < 1.29 is 15.0 Å². The zero-order valence-corrected chi connectivity index (χ0v) is 8.91. The van der Waals surface area contributed by atoms with Gasteiger partial charge >= 0.3 is 5.97 Å². The first-order valence-corrected chi connectivity index (χ1v) is 5.59. The molecule has 0 radical (unpaired) electrons. The predicted molar refractivity (Wildman–Crippen MR) is 59.9 cm³/mol. The molecule has 0 unspecified atom stereocenters. The standard InChI is InChI=1S/C10H13NO3S/c11-8(10(13)14)6-15-5-7-3-1-2-4-9(7)12/h1-4,8,12H,5-6,11H2,(H,13,14)/t8-/m0/s1. The third-order valence-corrected chi connectivity index (χ3v) is 2.97. The van der Waals surface area contributed by atoms with Crippen LogP contribution >= 0.6 is 11.8 Å². The van der Waals surface area contributed by atoms with Gasteiger partial charge < -0.3 is 15.9 Å². The molecule has 0 heterocycles. The van der Waals surface area contributed by atoms with Crippen molar-refractivity contribution in [2.24, 2.45) is 5.73 Å². The Labute approximate surface area is 92.1 Å². The molecule has 82 valence electrons. The highest BCUT2D eigenvalue weighted by atomic mass is 32.2. The molecule has 4 nitrogen and oxygen atoms in total. The molecule has 4 N–H and O–H groups in total. The van der Waals surface area contributed by atoms with Gasteiger partial charge in [-0.25, -0.2) is 0 Å². The van der Waals surface area contributed by atoms with Crippen LogP contribution in [-0.2, 0) is 10.5 Å². The fourth-order valence-electron chi connectivity index (χ4n) is 1.00. The first-order valence-electron chi connectivity index (χ1n) is 4.44. The maximum atomic E-state index is 10.4. The molecule has 1 rings (SSSR count). The normalized spacial score (nSPS) is 12.3. The highest BCUT2D eigenvalue weighted by Gasteiger charge is 2.11. The first kappa shape index (κ1) is 11.9. The van der Waals surface area contributed by atoms with E-state index in [-0.39, 0.29) is 5.75 Å². The number of para-hydroxylation sites is 1. The number of hydrogen-bond donors (Lipinski definition) is 3. The van der Waals surface area contributed by atoms with Gasteiger partial charge in [0.25, 0.3) is 0 Å². The van der Waals surface area contributed by atoms with Gasteiger partial charge in [0.2, 0.25) is 0 Å². The summed E-state index contributed by atoms with van der Waals surface area (Å²) < 4.78 is 0. The number of phenolic OH excluding ortho intramolecular Hbond substituents is 1. The van der Waals surface area contributed by atoms with Gasteiger partial charge in [0, 0.05) is 17.1 Å². The van der Waals surface area contributed by atoms with E-state index in [1.54, 1.807) is 18.2 Å². The highest BCUT2D eigenvalue weighted by molar-refractivity contribution is 7.98. The molecule has 1 aromatic rings. The summed E-state index contributed by atoms with van der Waals surface area (Å²) >= 11 is 1.39. The first-order chi connectivity index (χ1) is 7.11. The monoisotopic (exact) mass is 227 g/mol. The van der Waals surface area contributed by atoms with Gasteiger partial charge in [0.05, 0.1) is 0 Å². The lowest BCUT2D eigenvalue weighted by atomic mass is 10.2. The molecule has 0 spiro atoms. The van der Waals surface area contributed by atoms with E-state index in [0.717, 1.165) is 5.56 Å². The Morgan fingerprint density at radius 1 is 1.47 bits per heavy atom. The van der Waals surface area contributed by atoms with Crippen LogP contribution in [0.1, 0.15) is 5.56 Å². The van der Waals surface area contributed by atoms with E-state index in [9.17, 15) is 9.90 Å². The molecule has 0 bridgehead atoms. The number of carbonyl (C=O) groups is 1. The van der Waals surface area contributed by atoms with Crippen LogP contribution < -0.4 is 5.73 Å². The molecule has 0 aliphatic rings. The number of aliphatic carboxylic acids is 1. The summed E-state index contributed by atoms with van der Waals surface area (Å²) in [5.41, 5.74) is 6.13. The van der Waals surface area contributed by atoms with Gasteiger partial charge in [0.15, 0.2) is 0 Å². The van der Waals surface area contributed by atoms with Gasteiger partial charge in [-0.3, -0.25) is 4.79 Å². The number of hydrogen-bond acceptors (Lipinski definition) is 4. The summed E-state index contributed by atoms with van der Waals surface area (Å²) in [6.07, 6.45) is 0. The van der Waals surface area contributed by atoms with Crippen LogP contribution in [0.3, 0.4) is 0 Å². The van der Waals surface area contributed by atoms with Crippen molar-refractivity contribution >= 4 is 17.7 Å². The Hall–Kier alpha value is -1.20. The van der Waals surface area contributed by atoms with Crippen molar-refractivity contribution in [2.75, 3.05) is 5.75 Å². The predicted octanol–water partition coefficient (Wildman–Crippen LogP) is 1.04. The van der Waals surface area contributed by atoms with Gasteiger partial charge in [-0.1, -0.05) is 18.2 Å². The quantitative estimate of drug-likeness (QED) is 0.700. The average molecular weight is 227 g/mol. The molecule has 0 aromatic heterocycles. The van der Waals surface area contributed by atoms with E-state index < -0.39 is 12.0 Å². The van der Waals surface area contributed by atoms with Crippen molar-refractivity contribution in [3.63, 3.8) is 0 Å². The summed E-state index contributed by atoms with van der Waals surface area (Å²) in [7, 11) is 0. The van der Waals surface area contributed by atoms with Gasteiger partial charge in [-0.15, -0.1) is 0 Å². The van der Waals surface area contributed by atoms with Crippen LogP contribution in [0.15, 0.2) is 24.3 Å². The minimum absolute atomic E-state index is 0.230. The highest BCUT2D eigenvalue weighted by Crippen LogP contribution is 2.21. The average Bonchev–Trinajstić information content (AvgIpc) is 2.20. The molecule has 0 aliphatic heterocycles. The van der Waals surface area contributed by atoms with Crippen LogP contribution in [-0.4, -0.2) is 28.0 Å². The molecule has 15 heavy (non-hydrogen) atoms. The summed E-state index contributed by atoms with van der Waals surface area (Å²) in [6, 6.07) is 6.13. The minimum atomic E-state index is -1.00. The number of phenols is 1. The number of carboxylic acids is 1. The van der Waals surface area contributed by atoms with Crippen molar-refractivity contribution in [3.8, 4) is 5.75 Å². The number of rotatable bonds is 5. The smallest absolute Gasteiger partial charge is 0.321 e. The van der Waals surface area contributed by atoms with Crippen molar-refractivity contribution in [3.05, 3.63) is 29.8 Å². The lowest BCUT2D eigenvalue weighted by molar-refractivity contribution is -0.137. The molecule has 5 heteroatoms. The van der Waals surface area contributed by atoms with E-state index in [1.807, 2.05) is 6.07 Å². The number of carboxylic acid groups (broad SMARTS) is 1. The second-order valence-corrected chi connectivity index (χ2v) is 4.12. The van der Waals surface area contributed by atoms with Crippen LogP contribution in [0.5, 0.6) is 5.75 Å². The van der Waals surface area contributed by atoms with Crippen molar-refractivity contribution in [1.29, 1.82) is 0 Å². The summed E-state index contributed by atoms with van der Waals surface area (Å²) in [4.78, 5) is 10.4. The fraction of sp³-hybridized carbons (Fsp3) is 0.300. The fourth-order valence-corrected chi connectivity index (χ4v) is 1.98.